The Labute approximate surface area is 239 Å². The molecule has 0 atom stereocenters. The molecule has 1 saturated carbocycles. The maximum Gasteiger partial charge on any atom is 0.407 e. The highest BCUT2D eigenvalue weighted by molar-refractivity contribution is 7.90. The van der Waals surface area contributed by atoms with Gasteiger partial charge in [0.1, 0.15) is 11.3 Å². The Hall–Kier alpha value is -4.36. The second-order valence-electron chi connectivity index (χ2n) is 11.3. The average Bonchev–Trinajstić information content (AvgIpc) is 3.32. The normalized spacial score (nSPS) is 17.6. The average molecular weight is 573 g/mol. The SMILES string of the molecule is CC(C)(C)OC(=O)NC1CCC(NC(=O)c2cc3ccc(C#N)cc3n2S(=O)(=O)c2cccc3ccccc23)CC1. The fraction of sp³-hybridized carbons (Fsp3) is 0.323. The summed E-state index contributed by atoms with van der Waals surface area (Å²) in [6, 6.07) is 20.3. The van der Waals surface area contributed by atoms with Crippen LogP contribution in [0.2, 0.25) is 0 Å². The molecule has 212 valence electrons. The third-order valence-electron chi connectivity index (χ3n) is 7.17. The molecule has 0 unspecified atom stereocenters. The van der Waals surface area contributed by atoms with Gasteiger partial charge in [0.05, 0.1) is 22.0 Å². The molecule has 0 saturated heterocycles. The predicted octanol–water partition coefficient (Wildman–Crippen LogP) is 5.47. The summed E-state index contributed by atoms with van der Waals surface area (Å²) in [7, 11) is -4.24. The number of nitriles is 1. The zero-order chi connectivity index (χ0) is 29.4. The molecule has 0 bridgehead atoms. The molecule has 2 amide bonds. The first-order valence-electron chi connectivity index (χ1n) is 13.6. The Morgan fingerprint density at radius 1 is 0.902 bits per heavy atom. The van der Waals surface area contributed by atoms with Crippen LogP contribution < -0.4 is 10.6 Å². The van der Waals surface area contributed by atoms with Gasteiger partial charge < -0.3 is 15.4 Å². The molecule has 1 aliphatic rings. The van der Waals surface area contributed by atoms with Crippen LogP contribution in [0.1, 0.15) is 62.5 Å². The quantitative estimate of drug-likeness (QED) is 0.326. The smallest absolute Gasteiger partial charge is 0.407 e. The molecule has 0 radical (unpaired) electrons. The van der Waals surface area contributed by atoms with Crippen molar-refractivity contribution in [3.8, 4) is 6.07 Å². The molecule has 0 aliphatic heterocycles. The van der Waals surface area contributed by atoms with Crippen molar-refractivity contribution in [1.82, 2.24) is 14.6 Å². The van der Waals surface area contributed by atoms with E-state index < -0.39 is 27.6 Å². The van der Waals surface area contributed by atoms with E-state index in [1.807, 2.05) is 18.2 Å². The minimum absolute atomic E-state index is 0.0305. The number of carbonyl (C=O) groups is 2. The molecule has 1 heterocycles. The van der Waals surface area contributed by atoms with E-state index in [0.29, 0.717) is 36.5 Å². The van der Waals surface area contributed by atoms with E-state index in [-0.39, 0.29) is 33.8 Å². The van der Waals surface area contributed by atoms with Gasteiger partial charge in [-0.1, -0.05) is 42.5 Å². The number of aromatic nitrogens is 1. The summed E-state index contributed by atoms with van der Waals surface area (Å²) in [5.41, 5.74) is -0.0779. The van der Waals surface area contributed by atoms with Crippen molar-refractivity contribution in [2.24, 2.45) is 0 Å². The number of fused-ring (bicyclic) bond motifs is 2. The maximum atomic E-state index is 14.2. The van der Waals surface area contributed by atoms with Crippen LogP contribution in [0, 0.1) is 11.3 Å². The van der Waals surface area contributed by atoms with Crippen LogP contribution in [0.3, 0.4) is 0 Å². The van der Waals surface area contributed by atoms with E-state index in [1.54, 1.807) is 57.2 Å². The number of nitrogens with zero attached hydrogens (tertiary/aromatic N) is 2. The van der Waals surface area contributed by atoms with Gasteiger partial charge in [-0.05, 0) is 76.1 Å². The minimum atomic E-state index is -4.24. The maximum absolute atomic E-state index is 14.2. The number of hydrogen-bond acceptors (Lipinski definition) is 6. The van der Waals surface area contributed by atoms with Crippen LogP contribution in [0.4, 0.5) is 4.79 Å². The van der Waals surface area contributed by atoms with Gasteiger partial charge in [0.25, 0.3) is 15.9 Å². The van der Waals surface area contributed by atoms with Gasteiger partial charge in [0.2, 0.25) is 0 Å². The molecule has 2 N–H and O–H groups in total. The highest BCUT2D eigenvalue weighted by atomic mass is 32.2. The molecule has 5 rings (SSSR count). The first-order chi connectivity index (χ1) is 19.5. The predicted molar refractivity (Wildman–Crippen MR) is 156 cm³/mol. The third-order valence-corrected chi connectivity index (χ3v) is 8.96. The lowest BCUT2D eigenvalue weighted by atomic mass is 9.91. The lowest BCUT2D eigenvalue weighted by molar-refractivity contribution is 0.0488. The lowest BCUT2D eigenvalue weighted by Gasteiger charge is -2.30. The van der Waals surface area contributed by atoms with Crippen LogP contribution >= 0.6 is 0 Å². The molecule has 4 aromatic rings. The van der Waals surface area contributed by atoms with Gasteiger partial charge in [-0.25, -0.2) is 17.2 Å². The number of rotatable bonds is 5. The number of amides is 2. The van der Waals surface area contributed by atoms with Crippen molar-refractivity contribution in [1.29, 1.82) is 5.26 Å². The molecule has 3 aromatic carbocycles. The molecule has 41 heavy (non-hydrogen) atoms. The Bertz CT molecular complexity index is 1780. The van der Waals surface area contributed by atoms with Gasteiger partial charge in [-0.3, -0.25) is 4.79 Å². The second-order valence-corrected chi connectivity index (χ2v) is 13.1. The monoisotopic (exact) mass is 572 g/mol. The first-order valence-corrected chi connectivity index (χ1v) is 15.0. The van der Waals surface area contributed by atoms with Crippen molar-refractivity contribution < 1.29 is 22.7 Å². The summed E-state index contributed by atoms with van der Waals surface area (Å²) < 4.78 is 34.9. The molecule has 1 aliphatic carbocycles. The van der Waals surface area contributed by atoms with E-state index in [0.717, 1.165) is 9.36 Å². The number of alkyl carbamates (subject to hydrolysis) is 1. The van der Waals surface area contributed by atoms with Crippen molar-refractivity contribution in [3.05, 3.63) is 78.0 Å². The number of nitrogens with one attached hydrogen (secondary N) is 2. The highest BCUT2D eigenvalue weighted by Gasteiger charge is 2.30. The van der Waals surface area contributed by atoms with Gasteiger partial charge in [0, 0.05) is 22.9 Å². The van der Waals surface area contributed by atoms with Gasteiger partial charge in [-0.15, -0.1) is 0 Å². The molecule has 9 nitrogen and oxygen atoms in total. The van der Waals surface area contributed by atoms with Crippen LogP contribution in [-0.2, 0) is 14.8 Å². The number of benzene rings is 3. The summed E-state index contributed by atoms with van der Waals surface area (Å²) >= 11 is 0. The Kier molecular flexibility index (Phi) is 7.49. The van der Waals surface area contributed by atoms with E-state index in [9.17, 15) is 23.3 Å². The zero-order valence-corrected chi connectivity index (χ0v) is 24.0. The van der Waals surface area contributed by atoms with E-state index in [2.05, 4.69) is 16.7 Å². The summed E-state index contributed by atoms with van der Waals surface area (Å²) in [6.45, 7) is 5.42. The molecule has 0 spiro atoms. The van der Waals surface area contributed by atoms with Crippen LogP contribution in [0.15, 0.2) is 71.6 Å². The topological polar surface area (TPSA) is 130 Å². The van der Waals surface area contributed by atoms with Crippen molar-refractivity contribution >= 4 is 43.7 Å². The van der Waals surface area contributed by atoms with E-state index in [4.69, 9.17) is 4.74 Å². The van der Waals surface area contributed by atoms with Crippen LogP contribution in [0.25, 0.3) is 21.7 Å². The first kappa shape index (κ1) is 28.2. The fourth-order valence-electron chi connectivity index (χ4n) is 5.30. The van der Waals surface area contributed by atoms with Crippen LogP contribution in [-0.4, -0.2) is 42.1 Å². The van der Waals surface area contributed by atoms with Gasteiger partial charge >= 0.3 is 6.09 Å². The van der Waals surface area contributed by atoms with Gasteiger partial charge in [0.15, 0.2) is 0 Å². The number of carbonyl (C=O) groups excluding carboxylic acids is 2. The van der Waals surface area contributed by atoms with Crippen molar-refractivity contribution in [3.63, 3.8) is 0 Å². The Morgan fingerprint density at radius 2 is 1.56 bits per heavy atom. The summed E-state index contributed by atoms with van der Waals surface area (Å²) in [6.07, 6.45) is 2.05. The minimum Gasteiger partial charge on any atom is -0.444 e. The number of hydrogen-bond donors (Lipinski definition) is 2. The summed E-state index contributed by atoms with van der Waals surface area (Å²) in [4.78, 5) is 25.9. The Balaban J connectivity index is 1.44. The van der Waals surface area contributed by atoms with E-state index in [1.165, 1.54) is 12.1 Å². The molecular weight excluding hydrogens is 540 g/mol. The summed E-state index contributed by atoms with van der Waals surface area (Å²) in [5.74, 6) is -0.521. The standard InChI is InChI=1S/C31H32N4O5S/c1-31(2,3)40-30(37)34-24-15-13-23(14-16-24)33-29(36)27-18-22-12-11-20(19-32)17-26(22)35(27)41(38,39)28-10-6-8-21-7-4-5-9-25(21)28/h4-12,17-18,23-24H,13-16H2,1-3H3,(H,33,36)(H,34,37). The second kappa shape index (κ2) is 10.9. The zero-order valence-electron chi connectivity index (χ0n) is 23.2. The van der Waals surface area contributed by atoms with Crippen molar-refractivity contribution in [2.75, 3.05) is 0 Å². The third kappa shape index (κ3) is 5.91. The molecule has 1 fully saturated rings. The van der Waals surface area contributed by atoms with Crippen LogP contribution in [0.5, 0.6) is 0 Å². The number of ether oxygens (including phenoxy) is 1. The van der Waals surface area contributed by atoms with E-state index >= 15 is 0 Å². The molecule has 1 aromatic heterocycles. The lowest BCUT2D eigenvalue weighted by Crippen LogP contribution is -2.45. The highest BCUT2D eigenvalue weighted by Crippen LogP contribution is 2.31. The molecule has 10 heteroatoms. The largest absolute Gasteiger partial charge is 0.444 e. The van der Waals surface area contributed by atoms with Gasteiger partial charge in [-0.2, -0.15) is 5.26 Å². The fourth-order valence-corrected chi connectivity index (χ4v) is 7.02. The van der Waals surface area contributed by atoms with Crippen molar-refractivity contribution in [2.45, 2.75) is 69.0 Å². The molecular formula is C31H32N4O5S. The Morgan fingerprint density at radius 3 is 2.24 bits per heavy atom. The summed E-state index contributed by atoms with van der Waals surface area (Å²) in [5, 5.41) is 17.2.